The summed E-state index contributed by atoms with van der Waals surface area (Å²) >= 11 is 0. The van der Waals surface area contributed by atoms with E-state index >= 15 is 0 Å². The molecule has 0 aromatic carbocycles. The standard InChI is InChI=1S/C12H20FNO4S/c13-19(16,17)9-10-1-5-14(6-2-10)12(15)11-3-7-18-8-4-11/h10-11H,1-9H2. The molecule has 7 heteroatoms. The Balaban J connectivity index is 1.80. The third-order valence-corrected chi connectivity index (χ3v) is 4.80. The minimum Gasteiger partial charge on any atom is -0.381 e. The van der Waals surface area contributed by atoms with Gasteiger partial charge in [0.05, 0.1) is 5.75 Å². The first kappa shape index (κ1) is 14.7. The van der Waals surface area contributed by atoms with Crippen LogP contribution in [0, 0.1) is 11.8 Å². The molecule has 0 aromatic heterocycles. The summed E-state index contributed by atoms with van der Waals surface area (Å²) < 4.78 is 39.0. The maximum absolute atomic E-state index is 12.6. The summed E-state index contributed by atoms with van der Waals surface area (Å²) in [6.07, 6.45) is 2.66. The predicted octanol–water partition coefficient (Wildman–Crippen LogP) is 0.951. The van der Waals surface area contributed by atoms with Crippen LogP contribution in [-0.2, 0) is 19.8 Å². The predicted molar refractivity (Wildman–Crippen MR) is 67.7 cm³/mol. The lowest BCUT2D eigenvalue weighted by Gasteiger charge is -2.34. The number of rotatable bonds is 3. The van der Waals surface area contributed by atoms with Crippen molar-refractivity contribution in [3.63, 3.8) is 0 Å². The first-order chi connectivity index (χ1) is 8.96. The number of amides is 1. The van der Waals surface area contributed by atoms with Crippen LogP contribution < -0.4 is 0 Å². The van der Waals surface area contributed by atoms with Crippen molar-refractivity contribution in [3.8, 4) is 0 Å². The fourth-order valence-electron chi connectivity index (χ4n) is 2.80. The molecule has 0 spiro atoms. The maximum atomic E-state index is 12.6. The summed E-state index contributed by atoms with van der Waals surface area (Å²) in [4.78, 5) is 14.0. The molecule has 5 nitrogen and oxygen atoms in total. The fraction of sp³-hybridized carbons (Fsp3) is 0.917. The molecule has 0 aliphatic carbocycles. The molecule has 2 aliphatic heterocycles. The highest BCUT2D eigenvalue weighted by Crippen LogP contribution is 2.24. The molecule has 19 heavy (non-hydrogen) atoms. The minimum absolute atomic E-state index is 0.0372. The second kappa shape index (κ2) is 6.17. The van der Waals surface area contributed by atoms with Crippen molar-refractivity contribution in [1.82, 2.24) is 4.90 Å². The van der Waals surface area contributed by atoms with Gasteiger partial charge in [-0.05, 0) is 31.6 Å². The molecule has 0 radical (unpaired) electrons. The quantitative estimate of drug-likeness (QED) is 0.727. The average Bonchev–Trinajstić information content (AvgIpc) is 2.38. The normalized spacial score (nSPS) is 23.5. The lowest BCUT2D eigenvalue weighted by molar-refractivity contribution is -0.139. The van der Waals surface area contributed by atoms with Crippen LogP contribution in [0.15, 0.2) is 0 Å². The molecule has 2 rings (SSSR count). The van der Waals surface area contributed by atoms with E-state index in [-0.39, 0.29) is 17.7 Å². The van der Waals surface area contributed by atoms with E-state index in [0.29, 0.717) is 39.1 Å². The number of likely N-dealkylation sites (tertiary alicyclic amines) is 1. The van der Waals surface area contributed by atoms with Crippen molar-refractivity contribution in [1.29, 1.82) is 0 Å². The van der Waals surface area contributed by atoms with Crippen LogP contribution in [0.1, 0.15) is 25.7 Å². The zero-order valence-corrected chi connectivity index (χ0v) is 11.7. The lowest BCUT2D eigenvalue weighted by atomic mass is 9.94. The summed E-state index contributed by atoms with van der Waals surface area (Å²) in [5.74, 6) is -0.388. The Bertz CT molecular complexity index is 411. The third kappa shape index (κ3) is 4.42. The van der Waals surface area contributed by atoms with E-state index in [1.165, 1.54) is 0 Å². The first-order valence-corrected chi connectivity index (χ1v) is 8.30. The third-order valence-electron chi connectivity index (χ3n) is 3.93. The molecule has 2 heterocycles. The monoisotopic (exact) mass is 293 g/mol. The van der Waals surface area contributed by atoms with Crippen molar-refractivity contribution in [2.75, 3.05) is 32.1 Å². The van der Waals surface area contributed by atoms with E-state index < -0.39 is 16.0 Å². The summed E-state index contributed by atoms with van der Waals surface area (Å²) in [6.45, 7) is 2.34. The van der Waals surface area contributed by atoms with Gasteiger partial charge in [0.2, 0.25) is 5.91 Å². The summed E-state index contributed by atoms with van der Waals surface area (Å²) in [6, 6.07) is 0. The Labute approximate surface area is 113 Å². The molecule has 2 fully saturated rings. The van der Waals surface area contributed by atoms with Gasteiger partial charge in [0, 0.05) is 32.2 Å². The van der Waals surface area contributed by atoms with Crippen molar-refractivity contribution >= 4 is 16.1 Å². The second-order valence-corrected chi connectivity index (χ2v) is 6.77. The summed E-state index contributed by atoms with van der Waals surface area (Å²) in [5, 5.41) is 0. The average molecular weight is 293 g/mol. The largest absolute Gasteiger partial charge is 0.381 e. The Hall–Kier alpha value is -0.690. The van der Waals surface area contributed by atoms with E-state index in [1.54, 1.807) is 4.90 Å². The number of carbonyl (C=O) groups is 1. The number of hydrogen-bond acceptors (Lipinski definition) is 4. The maximum Gasteiger partial charge on any atom is 0.302 e. The fourth-order valence-corrected chi connectivity index (χ4v) is 3.70. The SMILES string of the molecule is O=C(C1CCOCC1)N1CCC(CS(=O)(=O)F)CC1. The number of piperidine rings is 1. The molecule has 0 atom stereocenters. The van der Waals surface area contributed by atoms with Crippen LogP contribution in [0.2, 0.25) is 0 Å². The van der Waals surface area contributed by atoms with Gasteiger partial charge >= 0.3 is 10.2 Å². The van der Waals surface area contributed by atoms with E-state index in [0.717, 1.165) is 12.8 Å². The van der Waals surface area contributed by atoms with Gasteiger partial charge < -0.3 is 9.64 Å². The van der Waals surface area contributed by atoms with Gasteiger partial charge in [0.1, 0.15) is 0 Å². The number of nitrogens with zero attached hydrogens (tertiary/aromatic N) is 1. The van der Waals surface area contributed by atoms with E-state index in [1.807, 2.05) is 0 Å². The molecule has 2 aliphatic rings. The van der Waals surface area contributed by atoms with Gasteiger partial charge in [0.15, 0.2) is 0 Å². The number of carbonyl (C=O) groups excluding carboxylic acids is 1. The van der Waals surface area contributed by atoms with Crippen LogP contribution in [-0.4, -0.2) is 51.3 Å². The van der Waals surface area contributed by atoms with Crippen molar-refractivity contribution in [2.45, 2.75) is 25.7 Å². The molecule has 0 saturated carbocycles. The Morgan fingerprint density at radius 1 is 1.16 bits per heavy atom. The van der Waals surface area contributed by atoms with Gasteiger partial charge in [-0.25, -0.2) is 0 Å². The first-order valence-electron chi connectivity index (χ1n) is 6.74. The Morgan fingerprint density at radius 3 is 2.26 bits per heavy atom. The summed E-state index contributed by atoms with van der Waals surface area (Å²) in [7, 11) is -4.40. The lowest BCUT2D eigenvalue weighted by Crippen LogP contribution is -2.43. The zero-order valence-electron chi connectivity index (χ0n) is 10.9. The van der Waals surface area contributed by atoms with Crippen LogP contribution >= 0.6 is 0 Å². The molecule has 2 saturated heterocycles. The van der Waals surface area contributed by atoms with Gasteiger partial charge in [-0.2, -0.15) is 8.42 Å². The number of halogens is 1. The molecule has 0 bridgehead atoms. The molecular formula is C12H20FNO4S. The van der Waals surface area contributed by atoms with E-state index in [9.17, 15) is 17.1 Å². The molecule has 0 unspecified atom stereocenters. The highest BCUT2D eigenvalue weighted by Gasteiger charge is 2.30. The molecule has 0 aromatic rings. The van der Waals surface area contributed by atoms with Crippen LogP contribution in [0.5, 0.6) is 0 Å². The summed E-state index contributed by atoms with van der Waals surface area (Å²) in [5.41, 5.74) is 0. The van der Waals surface area contributed by atoms with Gasteiger partial charge in [-0.1, -0.05) is 0 Å². The molecule has 0 N–H and O–H groups in total. The van der Waals surface area contributed by atoms with Gasteiger partial charge in [-0.3, -0.25) is 4.79 Å². The topological polar surface area (TPSA) is 63.7 Å². The highest BCUT2D eigenvalue weighted by molar-refractivity contribution is 7.86. The van der Waals surface area contributed by atoms with Gasteiger partial charge in [-0.15, -0.1) is 3.89 Å². The highest BCUT2D eigenvalue weighted by atomic mass is 32.3. The van der Waals surface area contributed by atoms with E-state index in [2.05, 4.69) is 0 Å². The Kier molecular flexibility index (Phi) is 4.78. The van der Waals surface area contributed by atoms with Gasteiger partial charge in [0.25, 0.3) is 0 Å². The molecule has 1 amide bonds. The van der Waals surface area contributed by atoms with Crippen molar-refractivity contribution in [3.05, 3.63) is 0 Å². The number of hydrogen-bond donors (Lipinski definition) is 0. The number of ether oxygens (including phenoxy) is 1. The molecule has 110 valence electrons. The van der Waals surface area contributed by atoms with Crippen molar-refractivity contribution in [2.24, 2.45) is 11.8 Å². The van der Waals surface area contributed by atoms with Crippen LogP contribution in [0.3, 0.4) is 0 Å². The van der Waals surface area contributed by atoms with Crippen LogP contribution in [0.25, 0.3) is 0 Å². The second-order valence-electron chi connectivity index (χ2n) is 5.36. The van der Waals surface area contributed by atoms with Crippen molar-refractivity contribution < 1.29 is 21.8 Å². The van der Waals surface area contributed by atoms with E-state index in [4.69, 9.17) is 4.74 Å². The van der Waals surface area contributed by atoms with Crippen LogP contribution in [0.4, 0.5) is 3.89 Å². The minimum atomic E-state index is -4.40. The smallest absolute Gasteiger partial charge is 0.302 e. The molecular weight excluding hydrogens is 273 g/mol. The Morgan fingerprint density at radius 2 is 1.74 bits per heavy atom. The zero-order chi connectivity index (χ0) is 13.9.